The summed E-state index contributed by atoms with van der Waals surface area (Å²) in [5.74, 6) is -0.713. The highest BCUT2D eigenvalue weighted by molar-refractivity contribution is 6.13. The second kappa shape index (κ2) is 8.25. The standard InChI is InChI=1S/C20H24N2O4/c23-17-11-5-3-9-15(21-17)19(25)13-7-1-2-8-14(13)20(26)16-10-4-6-12-18(24)22-16/h1-2,7-8,15-16H,3-6,9-12H2,(H,21,23)(H,22,24). The Morgan fingerprint density at radius 2 is 1.15 bits per heavy atom. The lowest BCUT2D eigenvalue weighted by molar-refractivity contribution is -0.122. The smallest absolute Gasteiger partial charge is 0.220 e. The molecule has 138 valence electrons. The van der Waals surface area contributed by atoms with Crippen molar-refractivity contribution in [2.45, 2.75) is 63.5 Å². The molecular weight excluding hydrogens is 332 g/mol. The first kappa shape index (κ1) is 18.3. The van der Waals surface area contributed by atoms with E-state index in [1.165, 1.54) is 0 Å². The van der Waals surface area contributed by atoms with E-state index in [1.807, 2.05) is 0 Å². The van der Waals surface area contributed by atoms with Crippen molar-refractivity contribution in [3.8, 4) is 0 Å². The van der Waals surface area contributed by atoms with Gasteiger partial charge < -0.3 is 10.6 Å². The zero-order valence-corrected chi connectivity index (χ0v) is 14.8. The summed E-state index contributed by atoms with van der Waals surface area (Å²) in [5.41, 5.74) is 0.645. The lowest BCUT2D eigenvalue weighted by Gasteiger charge is -2.19. The molecule has 3 rings (SSSR count). The predicted molar refractivity (Wildman–Crippen MR) is 95.9 cm³/mol. The second-order valence-electron chi connectivity index (χ2n) is 7.01. The molecule has 2 atom stereocenters. The highest BCUT2D eigenvalue weighted by atomic mass is 16.2. The van der Waals surface area contributed by atoms with Crippen LogP contribution in [-0.4, -0.2) is 35.5 Å². The van der Waals surface area contributed by atoms with Gasteiger partial charge in [0.1, 0.15) is 0 Å². The van der Waals surface area contributed by atoms with Gasteiger partial charge in [0.05, 0.1) is 12.1 Å². The average molecular weight is 356 g/mol. The largest absolute Gasteiger partial charge is 0.346 e. The number of ketones is 2. The minimum absolute atomic E-state index is 0.124. The van der Waals surface area contributed by atoms with Crippen molar-refractivity contribution < 1.29 is 19.2 Å². The molecule has 2 aliphatic rings. The van der Waals surface area contributed by atoms with Crippen molar-refractivity contribution in [1.82, 2.24) is 10.6 Å². The first-order valence-corrected chi connectivity index (χ1v) is 9.32. The van der Waals surface area contributed by atoms with Gasteiger partial charge in [0, 0.05) is 24.0 Å². The third-order valence-electron chi connectivity index (χ3n) is 5.05. The maximum absolute atomic E-state index is 13.0. The fraction of sp³-hybridized carbons (Fsp3) is 0.500. The molecule has 0 aromatic heterocycles. The van der Waals surface area contributed by atoms with Crippen LogP contribution in [0.5, 0.6) is 0 Å². The Bertz CT molecular complexity index is 667. The van der Waals surface area contributed by atoms with Crippen LogP contribution in [-0.2, 0) is 9.59 Å². The van der Waals surface area contributed by atoms with Gasteiger partial charge in [-0.25, -0.2) is 0 Å². The second-order valence-corrected chi connectivity index (χ2v) is 7.01. The number of hydrogen-bond donors (Lipinski definition) is 2. The minimum atomic E-state index is -0.595. The summed E-state index contributed by atoms with van der Waals surface area (Å²) in [6.07, 6.45) is 5.14. The molecule has 1 aromatic carbocycles. The van der Waals surface area contributed by atoms with Crippen LogP contribution in [0.15, 0.2) is 24.3 Å². The minimum Gasteiger partial charge on any atom is -0.346 e. The molecule has 6 heteroatoms. The van der Waals surface area contributed by atoms with Crippen molar-refractivity contribution >= 4 is 23.4 Å². The van der Waals surface area contributed by atoms with Crippen LogP contribution in [0.4, 0.5) is 0 Å². The highest BCUT2D eigenvalue weighted by Gasteiger charge is 2.30. The number of benzene rings is 1. The van der Waals surface area contributed by atoms with Crippen LogP contribution in [0.1, 0.15) is 72.1 Å². The molecule has 2 amide bonds. The molecule has 0 saturated carbocycles. The van der Waals surface area contributed by atoms with Crippen LogP contribution in [0, 0.1) is 0 Å². The molecular formula is C20H24N2O4. The van der Waals surface area contributed by atoms with E-state index < -0.39 is 12.1 Å². The number of amides is 2. The third-order valence-corrected chi connectivity index (χ3v) is 5.05. The van der Waals surface area contributed by atoms with Gasteiger partial charge in [0.15, 0.2) is 11.6 Å². The number of nitrogens with one attached hydrogen (secondary N) is 2. The number of rotatable bonds is 4. The van der Waals surface area contributed by atoms with Gasteiger partial charge in [0.2, 0.25) is 11.8 Å². The molecule has 0 radical (unpaired) electrons. The summed E-state index contributed by atoms with van der Waals surface area (Å²) in [5, 5.41) is 5.54. The molecule has 2 aliphatic heterocycles. The zero-order chi connectivity index (χ0) is 18.5. The van der Waals surface area contributed by atoms with Crippen molar-refractivity contribution in [2.24, 2.45) is 0 Å². The van der Waals surface area contributed by atoms with E-state index in [4.69, 9.17) is 0 Å². The summed E-state index contributed by atoms with van der Waals surface area (Å²) >= 11 is 0. The molecule has 2 fully saturated rings. The molecule has 1 aromatic rings. The van der Waals surface area contributed by atoms with E-state index in [0.717, 1.165) is 25.7 Å². The molecule has 0 bridgehead atoms. The van der Waals surface area contributed by atoms with E-state index in [2.05, 4.69) is 10.6 Å². The summed E-state index contributed by atoms with van der Waals surface area (Å²) in [6.45, 7) is 0. The summed E-state index contributed by atoms with van der Waals surface area (Å²) < 4.78 is 0. The number of carbonyl (C=O) groups excluding carboxylic acids is 4. The molecule has 2 saturated heterocycles. The first-order valence-electron chi connectivity index (χ1n) is 9.32. The Labute approximate surface area is 152 Å². The Morgan fingerprint density at radius 3 is 1.58 bits per heavy atom. The molecule has 2 heterocycles. The molecule has 0 spiro atoms. The van der Waals surface area contributed by atoms with Crippen LogP contribution in [0.25, 0.3) is 0 Å². The highest BCUT2D eigenvalue weighted by Crippen LogP contribution is 2.20. The maximum Gasteiger partial charge on any atom is 0.220 e. The van der Waals surface area contributed by atoms with Gasteiger partial charge in [-0.3, -0.25) is 19.2 Å². The van der Waals surface area contributed by atoms with Gasteiger partial charge in [-0.15, -0.1) is 0 Å². The van der Waals surface area contributed by atoms with E-state index in [1.54, 1.807) is 24.3 Å². The lowest BCUT2D eigenvalue weighted by atomic mass is 9.91. The molecule has 6 nitrogen and oxygen atoms in total. The van der Waals surface area contributed by atoms with E-state index >= 15 is 0 Å². The van der Waals surface area contributed by atoms with Gasteiger partial charge in [-0.05, 0) is 25.7 Å². The zero-order valence-electron chi connectivity index (χ0n) is 14.8. The van der Waals surface area contributed by atoms with Crippen molar-refractivity contribution in [3.63, 3.8) is 0 Å². The summed E-state index contributed by atoms with van der Waals surface area (Å²) in [7, 11) is 0. The lowest BCUT2D eigenvalue weighted by Crippen LogP contribution is -2.42. The SMILES string of the molecule is O=C1CCCCC(C(=O)c2ccccc2C(=O)C2CCCCC(=O)N2)N1. The van der Waals surface area contributed by atoms with Crippen LogP contribution in [0.2, 0.25) is 0 Å². The predicted octanol–water partition coefficient (Wildman–Crippen LogP) is 2.17. The van der Waals surface area contributed by atoms with Crippen molar-refractivity contribution in [3.05, 3.63) is 35.4 Å². The molecule has 0 aliphatic carbocycles. The molecule has 2 N–H and O–H groups in total. The fourth-order valence-corrected chi connectivity index (χ4v) is 3.63. The Hall–Kier alpha value is -2.50. The van der Waals surface area contributed by atoms with Crippen molar-refractivity contribution in [2.75, 3.05) is 0 Å². The summed E-state index contributed by atoms with van der Waals surface area (Å²) in [6, 6.07) is 5.50. The van der Waals surface area contributed by atoms with Gasteiger partial charge >= 0.3 is 0 Å². The van der Waals surface area contributed by atoms with Crippen LogP contribution in [0.3, 0.4) is 0 Å². The van der Waals surface area contributed by atoms with Gasteiger partial charge in [0.25, 0.3) is 0 Å². The average Bonchev–Trinajstić information content (AvgIpc) is 3.00. The van der Waals surface area contributed by atoms with Crippen LogP contribution >= 0.6 is 0 Å². The van der Waals surface area contributed by atoms with E-state index in [0.29, 0.717) is 36.8 Å². The Kier molecular flexibility index (Phi) is 5.81. The first-order chi connectivity index (χ1) is 12.6. The molecule has 26 heavy (non-hydrogen) atoms. The Morgan fingerprint density at radius 1 is 0.731 bits per heavy atom. The third kappa shape index (κ3) is 4.18. The quantitative estimate of drug-likeness (QED) is 0.809. The summed E-state index contributed by atoms with van der Waals surface area (Å²) in [4.78, 5) is 49.6. The fourth-order valence-electron chi connectivity index (χ4n) is 3.63. The normalized spacial score (nSPS) is 24.0. The molecule has 2 unspecified atom stereocenters. The maximum atomic E-state index is 13.0. The monoisotopic (exact) mass is 356 g/mol. The topological polar surface area (TPSA) is 92.3 Å². The van der Waals surface area contributed by atoms with Gasteiger partial charge in [-0.1, -0.05) is 37.1 Å². The van der Waals surface area contributed by atoms with Crippen molar-refractivity contribution in [1.29, 1.82) is 0 Å². The van der Waals surface area contributed by atoms with Crippen LogP contribution < -0.4 is 10.6 Å². The number of Topliss-reactive ketones (excluding diaryl/α,β-unsaturated/α-hetero) is 2. The number of carbonyl (C=O) groups is 4. The number of hydrogen-bond acceptors (Lipinski definition) is 4. The van der Waals surface area contributed by atoms with E-state index in [-0.39, 0.29) is 23.4 Å². The van der Waals surface area contributed by atoms with E-state index in [9.17, 15) is 19.2 Å². The Balaban J connectivity index is 1.85. The van der Waals surface area contributed by atoms with Gasteiger partial charge in [-0.2, -0.15) is 0 Å².